The fraction of sp³-hybridized carbons (Fsp3) is 0.714. The molecule has 0 fully saturated rings. The maximum atomic E-state index is 5.75. The van der Waals surface area contributed by atoms with Crippen molar-refractivity contribution in [2.45, 2.75) is 53.0 Å². The number of hydrogen-bond donors (Lipinski definition) is 1. The summed E-state index contributed by atoms with van der Waals surface area (Å²) in [4.78, 5) is 0. The molecule has 0 aromatic carbocycles. The van der Waals surface area contributed by atoms with Crippen LogP contribution < -0.4 is 5.32 Å². The van der Waals surface area contributed by atoms with E-state index < -0.39 is 0 Å². The van der Waals surface area contributed by atoms with Crippen molar-refractivity contribution in [3.63, 3.8) is 0 Å². The highest BCUT2D eigenvalue weighted by atomic mass is 16.3. The van der Waals surface area contributed by atoms with Gasteiger partial charge < -0.3 is 9.73 Å². The van der Waals surface area contributed by atoms with Crippen LogP contribution in [0.15, 0.2) is 16.5 Å². The standard InChI is InChI=1S/C14H25NO/c1-5-7-11(3)14(15-10-6-2)13-9-8-12(4)16-13/h8-9,11,14-15H,5-7,10H2,1-4H3. The van der Waals surface area contributed by atoms with E-state index in [-0.39, 0.29) is 0 Å². The summed E-state index contributed by atoms with van der Waals surface area (Å²) in [6.07, 6.45) is 3.63. The molecule has 0 saturated heterocycles. The van der Waals surface area contributed by atoms with Gasteiger partial charge in [-0.15, -0.1) is 0 Å². The first-order valence-corrected chi connectivity index (χ1v) is 6.48. The summed E-state index contributed by atoms with van der Waals surface area (Å²) in [6, 6.07) is 4.53. The summed E-state index contributed by atoms with van der Waals surface area (Å²) < 4.78 is 5.75. The lowest BCUT2D eigenvalue weighted by Gasteiger charge is -2.23. The van der Waals surface area contributed by atoms with Gasteiger partial charge in [0.05, 0.1) is 6.04 Å². The molecule has 92 valence electrons. The monoisotopic (exact) mass is 223 g/mol. The average Bonchev–Trinajstić information content (AvgIpc) is 2.66. The van der Waals surface area contributed by atoms with Crippen molar-refractivity contribution in [3.8, 4) is 0 Å². The largest absolute Gasteiger partial charge is 0.465 e. The molecule has 0 aliphatic carbocycles. The van der Waals surface area contributed by atoms with Crippen LogP contribution in [0.5, 0.6) is 0 Å². The molecule has 0 aliphatic heterocycles. The van der Waals surface area contributed by atoms with Crippen LogP contribution in [0.4, 0.5) is 0 Å². The van der Waals surface area contributed by atoms with Crippen molar-refractivity contribution in [1.29, 1.82) is 0 Å². The lowest BCUT2D eigenvalue weighted by molar-refractivity contribution is 0.306. The second-order valence-electron chi connectivity index (χ2n) is 4.65. The molecule has 0 spiro atoms. The molecule has 1 rings (SSSR count). The molecular formula is C14H25NO. The molecule has 2 nitrogen and oxygen atoms in total. The normalized spacial score (nSPS) is 15.0. The quantitative estimate of drug-likeness (QED) is 0.754. The van der Waals surface area contributed by atoms with Gasteiger partial charge in [0.25, 0.3) is 0 Å². The molecule has 2 unspecified atom stereocenters. The number of hydrogen-bond acceptors (Lipinski definition) is 2. The Morgan fingerprint density at radius 1 is 1.25 bits per heavy atom. The van der Waals surface area contributed by atoms with E-state index >= 15 is 0 Å². The van der Waals surface area contributed by atoms with Gasteiger partial charge in [0.15, 0.2) is 0 Å². The van der Waals surface area contributed by atoms with Gasteiger partial charge in [0.1, 0.15) is 11.5 Å². The highest BCUT2D eigenvalue weighted by Crippen LogP contribution is 2.26. The van der Waals surface area contributed by atoms with E-state index in [9.17, 15) is 0 Å². The lowest BCUT2D eigenvalue weighted by atomic mass is 9.95. The van der Waals surface area contributed by atoms with Gasteiger partial charge in [-0.3, -0.25) is 0 Å². The van der Waals surface area contributed by atoms with Gasteiger partial charge in [-0.05, 0) is 44.4 Å². The Morgan fingerprint density at radius 3 is 2.50 bits per heavy atom. The summed E-state index contributed by atoms with van der Waals surface area (Å²) >= 11 is 0. The van der Waals surface area contributed by atoms with E-state index in [4.69, 9.17) is 4.42 Å². The Bertz CT molecular complexity index is 293. The molecule has 1 heterocycles. The highest BCUT2D eigenvalue weighted by Gasteiger charge is 2.20. The Hall–Kier alpha value is -0.760. The smallest absolute Gasteiger partial charge is 0.121 e. The minimum Gasteiger partial charge on any atom is -0.465 e. The molecule has 1 aromatic rings. The van der Waals surface area contributed by atoms with Crippen molar-refractivity contribution in [1.82, 2.24) is 5.32 Å². The van der Waals surface area contributed by atoms with E-state index in [1.54, 1.807) is 0 Å². The number of rotatable bonds is 7. The van der Waals surface area contributed by atoms with Crippen LogP contribution in [-0.2, 0) is 0 Å². The van der Waals surface area contributed by atoms with Gasteiger partial charge in [-0.25, -0.2) is 0 Å². The zero-order valence-electron chi connectivity index (χ0n) is 11.0. The molecule has 1 aromatic heterocycles. The van der Waals surface area contributed by atoms with Crippen molar-refractivity contribution < 1.29 is 4.42 Å². The second kappa shape index (κ2) is 6.74. The average molecular weight is 223 g/mol. The van der Waals surface area contributed by atoms with Crippen LogP contribution in [0.25, 0.3) is 0 Å². The zero-order valence-corrected chi connectivity index (χ0v) is 11.0. The molecule has 2 heteroatoms. The minimum atomic E-state index is 0.369. The third-order valence-corrected chi connectivity index (χ3v) is 2.99. The van der Waals surface area contributed by atoms with Gasteiger partial charge in [-0.1, -0.05) is 27.2 Å². The lowest BCUT2D eigenvalue weighted by Crippen LogP contribution is -2.27. The number of furan rings is 1. The third-order valence-electron chi connectivity index (χ3n) is 2.99. The minimum absolute atomic E-state index is 0.369. The van der Waals surface area contributed by atoms with Crippen LogP contribution in [0.2, 0.25) is 0 Å². The van der Waals surface area contributed by atoms with Crippen molar-refractivity contribution in [2.24, 2.45) is 5.92 Å². The summed E-state index contributed by atoms with van der Waals surface area (Å²) in [5.74, 6) is 2.72. The van der Waals surface area contributed by atoms with E-state index in [0.717, 1.165) is 24.5 Å². The van der Waals surface area contributed by atoms with Crippen LogP contribution in [0.1, 0.15) is 57.6 Å². The molecule has 2 atom stereocenters. The SMILES string of the molecule is CCCNC(c1ccc(C)o1)C(C)CCC. The first-order valence-electron chi connectivity index (χ1n) is 6.48. The Kier molecular flexibility index (Phi) is 5.61. The predicted molar refractivity (Wildman–Crippen MR) is 68.6 cm³/mol. The molecule has 16 heavy (non-hydrogen) atoms. The maximum Gasteiger partial charge on any atom is 0.121 e. The molecule has 0 bridgehead atoms. The first-order chi connectivity index (χ1) is 7.69. The Morgan fingerprint density at radius 2 is 2.00 bits per heavy atom. The molecular weight excluding hydrogens is 198 g/mol. The molecule has 1 N–H and O–H groups in total. The van der Waals surface area contributed by atoms with Gasteiger partial charge in [0, 0.05) is 0 Å². The molecule has 0 saturated carbocycles. The van der Waals surface area contributed by atoms with Gasteiger partial charge in [0.2, 0.25) is 0 Å². The van der Waals surface area contributed by atoms with Crippen molar-refractivity contribution in [2.75, 3.05) is 6.54 Å². The van der Waals surface area contributed by atoms with Gasteiger partial charge in [-0.2, -0.15) is 0 Å². The second-order valence-corrected chi connectivity index (χ2v) is 4.65. The topological polar surface area (TPSA) is 25.2 Å². The van der Waals surface area contributed by atoms with Crippen LogP contribution >= 0.6 is 0 Å². The van der Waals surface area contributed by atoms with Crippen molar-refractivity contribution >= 4 is 0 Å². The van der Waals surface area contributed by atoms with Crippen LogP contribution in [0, 0.1) is 12.8 Å². The first kappa shape index (κ1) is 13.3. The molecule has 0 radical (unpaired) electrons. The molecule has 0 aliphatic rings. The maximum absolute atomic E-state index is 5.75. The van der Waals surface area contributed by atoms with Gasteiger partial charge >= 0.3 is 0 Å². The highest BCUT2D eigenvalue weighted by molar-refractivity contribution is 5.10. The molecule has 0 amide bonds. The fourth-order valence-corrected chi connectivity index (χ4v) is 2.12. The van der Waals surface area contributed by atoms with E-state index in [2.05, 4.69) is 38.2 Å². The summed E-state index contributed by atoms with van der Waals surface area (Å²) in [6.45, 7) is 9.79. The van der Waals surface area contributed by atoms with E-state index in [0.29, 0.717) is 12.0 Å². The summed E-state index contributed by atoms with van der Waals surface area (Å²) in [7, 11) is 0. The number of nitrogens with one attached hydrogen (secondary N) is 1. The number of aryl methyl sites for hydroxylation is 1. The summed E-state index contributed by atoms with van der Waals surface area (Å²) in [5, 5.41) is 3.59. The van der Waals surface area contributed by atoms with Crippen molar-refractivity contribution in [3.05, 3.63) is 23.7 Å². The Labute approximate surface area is 99.4 Å². The Balaban J connectivity index is 2.69. The third kappa shape index (κ3) is 3.67. The van der Waals surface area contributed by atoms with Crippen LogP contribution in [0.3, 0.4) is 0 Å². The predicted octanol–water partition coefficient (Wildman–Crippen LogP) is 4.06. The zero-order chi connectivity index (χ0) is 12.0. The van der Waals surface area contributed by atoms with E-state index in [1.165, 1.54) is 12.8 Å². The van der Waals surface area contributed by atoms with Crippen LogP contribution in [-0.4, -0.2) is 6.54 Å². The summed E-state index contributed by atoms with van der Waals surface area (Å²) in [5.41, 5.74) is 0. The fourth-order valence-electron chi connectivity index (χ4n) is 2.12. The van der Waals surface area contributed by atoms with E-state index in [1.807, 2.05) is 6.92 Å².